The van der Waals surface area contributed by atoms with Crippen molar-refractivity contribution in [1.82, 2.24) is 0 Å². The average molecular weight is 469 g/mol. The molecule has 0 heterocycles. The van der Waals surface area contributed by atoms with Crippen LogP contribution in [0.15, 0.2) is 24.3 Å². The molecule has 0 aliphatic rings. The van der Waals surface area contributed by atoms with Gasteiger partial charge in [-0.1, -0.05) is 127 Å². The maximum Gasteiger partial charge on any atom is 0.104 e. The predicted octanol–water partition coefficient (Wildman–Crippen LogP) is 8.50. The molecule has 1 N–H and O–H groups in total. The molecule has 0 aromatic heterocycles. The first-order valence-corrected chi connectivity index (χ1v) is 13.7. The van der Waals surface area contributed by atoms with Gasteiger partial charge in [0.2, 0.25) is 0 Å². The second-order valence-electron chi connectivity index (χ2n) is 9.12. The van der Waals surface area contributed by atoms with Gasteiger partial charge in [-0.05, 0) is 24.1 Å². The molecule has 1 aromatic rings. The molecular weight excluding hydrogens is 420 g/mol. The topological polar surface area (TPSA) is 38.7 Å². The normalized spacial score (nSPS) is 12.3. The Morgan fingerprint density at radius 3 is 1.66 bits per heavy atom. The lowest BCUT2D eigenvalue weighted by atomic mass is 10.0. The van der Waals surface area contributed by atoms with Crippen LogP contribution in [0.4, 0.5) is 0 Å². The van der Waals surface area contributed by atoms with Crippen LogP contribution in [0.5, 0.6) is 0 Å². The summed E-state index contributed by atoms with van der Waals surface area (Å²) in [6.07, 6.45) is 21.7. The van der Waals surface area contributed by atoms with E-state index < -0.39 is 0 Å². The van der Waals surface area contributed by atoms with E-state index in [-0.39, 0.29) is 12.7 Å². The fourth-order valence-electron chi connectivity index (χ4n) is 3.92. The van der Waals surface area contributed by atoms with Crippen molar-refractivity contribution in [1.29, 1.82) is 0 Å². The molecule has 0 radical (unpaired) electrons. The Morgan fingerprint density at radius 2 is 1.19 bits per heavy atom. The first kappa shape index (κ1) is 29.4. The van der Waals surface area contributed by atoms with E-state index in [1.54, 1.807) is 0 Å². The average Bonchev–Trinajstić information content (AvgIpc) is 2.81. The Kier molecular flexibility index (Phi) is 20.4. The van der Waals surface area contributed by atoms with Crippen LogP contribution in [0, 0.1) is 0 Å². The number of ether oxygens (including phenoxy) is 2. The Morgan fingerprint density at radius 1 is 0.719 bits per heavy atom. The molecule has 186 valence electrons. The van der Waals surface area contributed by atoms with Gasteiger partial charge in [0.1, 0.15) is 6.10 Å². The van der Waals surface area contributed by atoms with Gasteiger partial charge in [0.25, 0.3) is 0 Å². The minimum absolute atomic E-state index is 0.0213. The van der Waals surface area contributed by atoms with E-state index >= 15 is 0 Å². The van der Waals surface area contributed by atoms with Crippen LogP contribution in [-0.2, 0) is 16.1 Å². The lowest BCUT2D eigenvalue weighted by molar-refractivity contribution is -0.0502. The number of hydrogen-bond donors (Lipinski definition) is 1. The van der Waals surface area contributed by atoms with Crippen LogP contribution < -0.4 is 0 Å². The molecule has 0 aliphatic carbocycles. The van der Waals surface area contributed by atoms with Gasteiger partial charge in [0, 0.05) is 11.6 Å². The molecule has 0 bridgehead atoms. The second-order valence-corrected chi connectivity index (χ2v) is 9.56. The van der Waals surface area contributed by atoms with Crippen molar-refractivity contribution in [2.24, 2.45) is 0 Å². The summed E-state index contributed by atoms with van der Waals surface area (Å²) in [6, 6.07) is 7.58. The van der Waals surface area contributed by atoms with Gasteiger partial charge < -0.3 is 14.6 Å². The smallest absolute Gasteiger partial charge is 0.104 e. The van der Waals surface area contributed by atoms with E-state index in [0.29, 0.717) is 13.2 Å². The van der Waals surface area contributed by atoms with Crippen molar-refractivity contribution in [3.8, 4) is 0 Å². The van der Waals surface area contributed by atoms with E-state index in [1.165, 1.54) is 96.3 Å². The number of rotatable bonds is 23. The lowest BCUT2D eigenvalue weighted by Gasteiger charge is -2.16. The highest BCUT2D eigenvalue weighted by Crippen LogP contribution is 2.14. The summed E-state index contributed by atoms with van der Waals surface area (Å²) in [6.45, 7) is 3.92. The third-order valence-electron chi connectivity index (χ3n) is 6.05. The van der Waals surface area contributed by atoms with Crippen LogP contribution in [0.2, 0.25) is 5.02 Å². The Hall–Kier alpha value is -0.610. The molecule has 0 aliphatic heterocycles. The number of aliphatic hydroxyl groups is 1. The molecule has 3 nitrogen and oxygen atoms in total. The summed E-state index contributed by atoms with van der Waals surface area (Å²) in [4.78, 5) is 0. The van der Waals surface area contributed by atoms with Crippen molar-refractivity contribution in [3.63, 3.8) is 0 Å². The highest BCUT2D eigenvalue weighted by Gasteiger charge is 2.08. The summed E-state index contributed by atoms with van der Waals surface area (Å²) in [5.41, 5.74) is 1.05. The number of aliphatic hydroxyl groups excluding tert-OH is 1. The van der Waals surface area contributed by atoms with Crippen LogP contribution in [0.1, 0.15) is 115 Å². The largest absolute Gasteiger partial charge is 0.394 e. The molecule has 4 heteroatoms. The summed E-state index contributed by atoms with van der Waals surface area (Å²) in [7, 11) is 0. The van der Waals surface area contributed by atoms with Crippen LogP contribution in [0.25, 0.3) is 0 Å². The van der Waals surface area contributed by atoms with Crippen LogP contribution in [0.3, 0.4) is 0 Å². The van der Waals surface area contributed by atoms with Gasteiger partial charge in [0.05, 0.1) is 19.8 Å². The van der Waals surface area contributed by atoms with Crippen molar-refractivity contribution in [2.75, 3.05) is 19.8 Å². The highest BCUT2D eigenvalue weighted by atomic mass is 35.5. The predicted molar refractivity (Wildman–Crippen MR) is 137 cm³/mol. The summed E-state index contributed by atoms with van der Waals surface area (Å²) < 4.78 is 11.4. The first-order chi connectivity index (χ1) is 15.8. The first-order valence-electron chi connectivity index (χ1n) is 13.3. The standard InChI is InChI=1S/C28H49ClO3/c1-2-3-4-5-6-7-8-9-10-11-12-13-14-15-16-17-22-31-25-28(23-30)32-24-26-18-20-27(29)21-19-26/h18-21,28,30H,2-17,22-25H2,1H3. The lowest BCUT2D eigenvalue weighted by Crippen LogP contribution is -2.24. The zero-order valence-corrected chi connectivity index (χ0v) is 21.4. The van der Waals surface area contributed by atoms with Gasteiger partial charge >= 0.3 is 0 Å². The van der Waals surface area contributed by atoms with Gasteiger partial charge in [-0.2, -0.15) is 0 Å². The Labute approximate surface area is 203 Å². The summed E-state index contributed by atoms with van der Waals surface area (Å²) in [5.74, 6) is 0. The molecule has 1 atom stereocenters. The SMILES string of the molecule is CCCCCCCCCCCCCCCCCCOCC(CO)OCc1ccc(Cl)cc1. The summed E-state index contributed by atoms with van der Waals surface area (Å²) >= 11 is 5.89. The third-order valence-corrected chi connectivity index (χ3v) is 6.30. The van der Waals surface area contributed by atoms with E-state index in [1.807, 2.05) is 24.3 Å². The van der Waals surface area contributed by atoms with Crippen LogP contribution >= 0.6 is 11.6 Å². The molecule has 0 fully saturated rings. The highest BCUT2D eigenvalue weighted by molar-refractivity contribution is 6.30. The number of hydrogen-bond acceptors (Lipinski definition) is 3. The number of unbranched alkanes of at least 4 members (excludes halogenated alkanes) is 15. The molecule has 1 unspecified atom stereocenters. The van der Waals surface area contributed by atoms with E-state index in [9.17, 15) is 5.11 Å². The Bertz CT molecular complexity index is 506. The number of halogens is 1. The van der Waals surface area contributed by atoms with Gasteiger partial charge in [-0.15, -0.1) is 0 Å². The molecule has 0 spiro atoms. The van der Waals surface area contributed by atoms with Gasteiger partial charge in [-0.3, -0.25) is 0 Å². The molecule has 0 amide bonds. The van der Waals surface area contributed by atoms with Gasteiger partial charge in [0.15, 0.2) is 0 Å². The fraction of sp³-hybridized carbons (Fsp3) is 0.786. The quantitative estimate of drug-likeness (QED) is 0.163. The zero-order valence-electron chi connectivity index (χ0n) is 20.7. The molecule has 1 rings (SSSR count). The van der Waals surface area contributed by atoms with Crippen molar-refractivity contribution >= 4 is 11.6 Å². The monoisotopic (exact) mass is 468 g/mol. The number of benzene rings is 1. The molecule has 0 saturated heterocycles. The molecule has 32 heavy (non-hydrogen) atoms. The maximum absolute atomic E-state index is 9.47. The van der Waals surface area contributed by atoms with E-state index in [4.69, 9.17) is 21.1 Å². The van der Waals surface area contributed by atoms with Crippen molar-refractivity contribution in [2.45, 2.75) is 122 Å². The minimum atomic E-state index is -0.272. The minimum Gasteiger partial charge on any atom is -0.394 e. The maximum atomic E-state index is 9.47. The third kappa shape index (κ3) is 17.9. The molecule has 1 aromatic carbocycles. The van der Waals surface area contributed by atoms with Gasteiger partial charge in [-0.25, -0.2) is 0 Å². The fourth-order valence-corrected chi connectivity index (χ4v) is 4.04. The van der Waals surface area contributed by atoms with Crippen molar-refractivity contribution < 1.29 is 14.6 Å². The second kappa shape index (κ2) is 22.2. The molecule has 0 saturated carbocycles. The molecular formula is C28H49ClO3. The van der Waals surface area contributed by atoms with E-state index in [0.717, 1.165) is 23.6 Å². The van der Waals surface area contributed by atoms with E-state index in [2.05, 4.69) is 6.92 Å². The Balaban J connectivity index is 1.81. The summed E-state index contributed by atoms with van der Waals surface area (Å²) in [5, 5.41) is 10.2. The zero-order chi connectivity index (χ0) is 23.1. The van der Waals surface area contributed by atoms with Crippen molar-refractivity contribution in [3.05, 3.63) is 34.9 Å². The van der Waals surface area contributed by atoms with Crippen LogP contribution in [-0.4, -0.2) is 31.0 Å².